The lowest BCUT2D eigenvalue weighted by Gasteiger charge is -2.10. The predicted molar refractivity (Wildman–Crippen MR) is 113 cm³/mol. The van der Waals surface area contributed by atoms with E-state index in [1.807, 2.05) is 24.3 Å². The van der Waals surface area contributed by atoms with Crippen LogP contribution in [-0.4, -0.2) is 30.8 Å². The van der Waals surface area contributed by atoms with E-state index in [4.69, 9.17) is 0 Å². The van der Waals surface area contributed by atoms with Crippen LogP contribution in [0.15, 0.2) is 73.2 Å². The number of fused-ring (bicyclic) bond motifs is 2. The average Bonchev–Trinajstić information content (AvgIpc) is 3.22. The topological polar surface area (TPSA) is 105 Å². The number of carbonyl (C=O) groups is 1. The van der Waals surface area contributed by atoms with Gasteiger partial charge < -0.3 is 5.11 Å². The maximum absolute atomic E-state index is 13.2. The molecule has 2 aromatic heterocycles. The molecule has 2 heterocycles. The van der Waals surface area contributed by atoms with Gasteiger partial charge in [0.2, 0.25) is 0 Å². The molecule has 8 nitrogen and oxygen atoms in total. The van der Waals surface area contributed by atoms with Crippen LogP contribution in [0.25, 0.3) is 27.5 Å². The highest BCUT2D eigenvalue weighted by Gasteiger charge is 2.15. The Bertz CT molecular complexity index is 1430. The quantitative estimate of drug-likeness (QED) is 0.388. The monoisotopic (exact) mass is 414 g/mol. The molecule has 0 radical (unpaired) electrons. The number of rotatable bonds is 4. The van der Waals surface area contributed by atoms with Crippen LogP contribution in [0.4, 0.5) is 10.2 Å². The summed E-state index contributed by atoms with van der Waals surface area (Å²) in [6, 6.07) is 16.4. The highest BCUT2D eigenvalue weighted by Crippen LogP contribution is 2.25. The van der Waals surface area contributed by atoms with Crippen LogP contribution in [0, 0.1) is 5.82 Å². The van der Waals surface area contributed by atoms with E-state index in [0.717, 1.165) is 10.8 Å². The number of phenolic OH excluding ortho intramolecular Hbond substituents is 1. The fourth-order valence-corrected chi connectivity index (χ4v) is 3.31. The van der Waals surface area contributed by atoms with Crippen LogP contribution in [0.5, 0.6) is 5.75 Å². The standard InChI is InChI=1S/C22H15FN6O2/c23-15-5-7-16(8-6-15)29-21-18(11-26-29)20(24-12-25-21)27-28-22(31)17-9-13-3-1-2-4-14(13)10-19(17)30/h1-12,30H,(H,28,31)(H,24,25,27). The maximum Gasteiger partial charge on any atom is 0.273 e. The molecule has 0 spiro atoms. The Morgan fingerprint density at radius 3 is 2.52 bits per heavy atom. The molecule has 31 heavy (non-hydrogen) atoms. The van der Waals surface area contributed by atoms with Gasteiger partial charge in [0.05, 0.1) is 22.8 Å². The van der Waals surface area contributed by atoms with E-state index < -0.39 is 5.91 Å². The molecule has 0 aliphatic rings. The number of hydrazine groups is 1. The number of nitrogens with zero attached hydrogens (tertiary/aromatic N) is 4. The molecule has 0 aliphatic heterocycles. The van der Waals surface area contributed by atoms with Crippen molar-refractivity contribution in [1.29, 1.82) is 0 Å². The van der Waals surface area contributed by atoms with Gasteiger partial charge in [-0.25, -0.2) is 19.0 Å². The van der Waals surface area contributed by atoms with Crippen molar-refractivity contribution in [3.63, 3.8) is 0 Å². The Morgan fingerprint density at radius 1 is 1.00 bits per heavy atom. The molecule has 5 rings (SSSR count). The van der Waals surface area contributed by atoms with Crippen LogP contribution >= 0.6 is 0 Å². The van der Waals surface area contributed by atoms with Gasteiger partial charge in [0.25, 0.3) is 5.91 Å². The summed E-state index contributed by atoms with van der Waals surface area (Å²) in [7, 11) is 0. The van der Waals surface area contributed by atoms with E-state index in [0.29, 0.717) is 22.5 Å². The summed E-state index contributed by atoms with van der Waals surface area (Å²) in [5.41, 5.74) is 6.54. The Balaban J connectivity index is 1.42. The number of nitrogens with one attached hydrogen (secondary N) is 2. The molecular weight excluding hydrogens is 399 g/mol. The number of aromatic hydroxyl groups is 1. The highest BCUT2D eigenvalue weighted by atomic mass is 19.1. The smallest absolute Gasteiger partial charge is 0.273 e. The Hall–Kier alpha value is -4.53. The summed E-state index contributed by atoms with van der Waals surface area (Å²) in [6.45, 7) is 0. The van der Waals surface area contributed by atoms with Crippen LogP contribution in [-0.2, 0) is 0 Å². The number of phenols is 1. The van der Waals surface area contributed by atoms with Crippen LogP contribution in [0.2, 0.25) is 0 Å². The third-order valence-electron chi connectivity index (χ3n) is 4.84. The molecule has 1 amide bonds. The van der Waals surface area contributed by atoms with Crippen molar-refractivity contribution in [2.75, 3.05) is 5.43 Å². The van der Waals surface area contributed by atoms with Crippen molar-refractivity contribution in [1.82, 2.24) is 25.2 Å². The van der Waals surface area contributed by atoms with Gasteiger partial charge >= 0.3 is 0 Å². The molecule has 5 aromatic rings. The second-order valence-electron chi connectivity index (χ2n) is 6.79. The van der Waals surface area contributed by atoms with E-state index in [1.165, 1.54) is 18.5 Å². The molecule has 3 aromatic carbocycles. The predicted octanol–water partition coefficient (Wildman–Crippen LogP) is 3.57. The lowest BCUT2D eigenvalue weighted by atomic mass is 10.1. The van der Waals surface area contributed by atoms with Gasteiger partial charge in [0.15, 0.2) is 11.5 Å². The third kappa shape index (κ3) is 3.38. The lowest BCUT2D eigenvalue weighted by molar-refractivity contribution is 0.0960. The minimum atomic E-state index is -0.527. The van der Waals surface area contributed by atoms with E-state index in [2.05, 4.69) is 25.9 Å². The first-order chi connectivity index (χ1) is 15.1. The second kappa shape index (κ2) is 7.38. The minimum absolute atomic E-state index is 0.124. The zero-order valence-corrected chi connectivity index (χ0v) is 16.0. The van der Waals surface area contributed by atoms with Crippen molar-refractivity contribution in [3.8, 4) is 11.4 Å². The molecule has 152 valence electrons. The Kier molecular flexibility index (Phi) is 4.40. The highest BCUT2D eigenvalue weighted by molar-refractivity contribution is 6.02. The first kappa shape index (κ1) is 18.5. The number of hydrogen-bond acceptors (Lipinski definition) is 6. The SMILES string of the molecule is O=C(NNc1ncnc2c1cnn2-c1ccc(F)cc1)c1cc2ccccc2cc1O. The molecule has 0 fully saturated rings. The first-order valence-electron chi connectivity index (χ1n) is 9.33. The number of amides is 1. The van der Waals surface area contributed by atoms with Gasteiger partial charge in [0.1, 0.15) is 17.9 Å². The molecule has 0 bridgehead atoms. The molecule has 0 unspecified atom stereocenters. The molecule has 3 N–H and O–H groups in total. The zero-order chi connectivity index (χ0) is 21.4. The fraction of sp³-hybridized carbons (Fsp3) is 0. The average molecular weight is 414 g/mol. The van der Waals surface area contributed by atoms with Crippen molar-refractivity contribution in [2.24, 2.45) is 0 Å². The summed E-state index contributed by atoms with van der Waals surface area (Å²) in [5.74, 6) is -0.681. The van der Waals surface area contributed by atoms with Crippen LogP contribution in [0.3, 0.4) is 0 Å². The second-order valence-corrected chi connectivity index (χ2v) is 6.79. The maximum atomic E-state index is 13.2. The number of halogens is 1. The molecule has 0 atom stereocenters. The van der Waals surface area contributed by atoms with E-state index in [-0.39, 0.29) is 17.1 Å². The number of hydrogen-bond donors (Lipinski definition) is 3. The molecular formula is C22H15FN6O2. The molecule has 0 saturated carbocycles. The largest absolute Gasteiger partial charge is 0.507 e. The van der Waals surface area contributed by atoms with Gasteiger partial charge in [-0.3, -0.25) is 15.6 Å². The van der Waals surface area contributed by atoms with Gasteiger partial charge in [-0.05, 0) is 47.2 Å². The Labute approximate surface area is 175 Å². The summed E-state index contributed by atoms with van der Waals surface area (Å²) in [6.07, 6.45) is 2.87. The molecule has 0 saturated heterocycles. The number of aromatic nitrogens is 4. The summed E-state index contributed by atoms with van der Waals surface area (Å²) < 4.78 is 14.8. The molecule has 0 aliphatic carbocycles. The van der Waals surface area contributed by atoms with Gasteiger partial charge in [0, 0.05) is 0 Å². The van der Waals surface area contributed by atoms with Crippen molar-refractivity contribution in [2.45, 2.75) is 0 Å². The van der Waals surface area contributed by atoms with Gasteiger partial charge in [-0.2, -0.15) is 5.10 Å². The molecule has 9 heteroatoms. The number of benzene rings is 3. The van der Waals surface area contributed by atoms with Crippen LogP contribution in [0.1, 0.15) is 10.4 Å². The summed E-state index contributed by atoms with van der Waals surface area (Å²) >= 11 is 0. The van der Waals surface area contributed by atoms with Crippen LogP contribution < -0.4 is 10.9 Å². The third-order valence-corrected chi connectivity index (χ3v) is 4.84. The van der Waals surface area contributed by atoms with Crippen molar-refractivity contribution >= 4 is 33.5 Å². The number of anilines is 1. The zero-order valence-electron chi connectivity index (χ0n) is 16.0. The first-order valence-corrected chi connectivity index (χ1v) is 9.33. The van der Waals surface area contributed by atoms with Gasteiger partial charge in [-0.15, -0.1) is 0 Å². The minimum Gasteiger partial charge on any atom is -0.507 e. The summed E-state index contributed by atoms with van der Waals surface area (Å²) in [4.78, 5) is 21.0. The Morgan fingerprint density at radius 2 is 1.74 bits per heavy atom. The van der Waals surface area contributed by atoms with Crippen molar-refractivity contribution in [3.05, 3.63) is 84.6 Å². The normalized spacial score (nSPS) is 11.0. The summed E-state index contributed by atoms with van der Waals surface area (Å²) in [5, 5.41) is 16.7. The van der Waals surface area contributed by atoms with Crippen molar-refractivity contribution < 1.29 is 14.3 Å². The lowest BCUT2D eigenvalue weighted by Crippen LogP contribution is -2.30. The van der Waals surface area contributed by atoms with E-state index >= 15 is 0 Å². The van der Waals surface area contributed by atoms with E-state index in [9.17, 15) is 14.3 Å². The van der Waals surface area contributed by atoms with E-state index in [1.54, 1.807) is 35.1 Å². The fourth-order valence-electron chi connectivity index (χ4n) is 3.31. The van der Waals surface area contributed by atoms with Gasteiger partial charge in [-0.1, -0.05) is 24.3 Å². The number of carbonyl (C=O) groups excluding carboxylic acids is 1.